The predicted octanol–water partition coefficient (Wildman–Crippen LogP) is 2.32. The van der Waals surface area contributed by atoms with Gasteiger partial charge in [-0.15, -0.1) is 0 Å². The molecule has 0 bridgehead atoms. The Labute approximate surface area is 124 Å². The minimum Gasteiger partial charge on any atom is -0.376 e. The van der Waals surface area contributed by atoms with E-state index in [1.54, 1.807) is 0 Å². The molecule has 0 amide bonds. The van der Waals surface area contributed by atoms with Crippen LogP contribution in [-0.4, -0.2) is 29.2 Å². The van der Waals surface area contributed by atoms with E-state index in [-0.39, 0.29) is 17.8 Å². The summed E-state index contributed by atoms with van der Waals surface area (Å²) in [5.41, 5.74) is 2.71. The predicted molar refractivity (Wildman–Crippen MR) is 83.5 cm³/mol. The molecule has 0 spiro atoms. The van der Waals surface area contributed by atoms with Crippen LogP contribution in [0.3, 0.4) is 0 Å². The van der Waals surface area contributed by atoms with Crippen LogP contribution in [0.2, 0.25) is 0 Å². The third kappa shape index (κ3) is 2.89. The standard InChI is InChI=1S/C16H23N3O2/c1-3-7-17-14(15-10(2)6-8-21-15)11-4-5-12-13(9-11)19-16(20)18-12/h4-5,9-10,14-15,17H,3,6-8H2,1-2H3,(H2,18,19,20). The summed E-state index contributed by atoms with van der Waals surface area (Å²) >= 11 is 0. The van der Waals surface area contributed by atoms with Crippen LogP contribution in [0.25, 0.3) is 11.0 Å². The zero-order valence-electron chi connectivity index (χ0n) is 12.6. The number of H-pyrrole nitrogens is 2. The van der Waals surface area contributed by atoms with Crippen molar-refractivity contribution in [1.29, 1.82) is 0 Å². The Morgan fingerprint density at radius 2 is 2.19 bits per heavy atom. The maximum Gasteiger partial charge on any atom is 0.323 e. The first-order valence-electron chi connectivity index (χ1n) is 7.76. The van der Waals surface area contributed by atoms with Gasteiger partial charge in [0.1, 0.15) is 0 Å². The highest BCUT2D eigenvalue weighted by Crippen LogP contribution is 2.32. The van der Waals surface area contributed by atoms with Gasteiger partial charge in [0.2, 0.25) is 0 Å². The molecule has 1 aromatic carbocycles. The summed E-state index contributed by atoms with van der Waals surface area (Å²) in [5.74, 6) is 0.542. The number of imidazole rings is 1. The van der Waals surface area contributed by atoms with E-state index >= 15 is 0 Å². The van der Waals surface area contributed by atoms with Crippen LogP contribution < -0.4 is 11.0 Å². The van der Waals surface area contributed by atoms with E-state index in [2.05, 4.69) is 41.3 Å². The van der Waals surface area contributed by atoms with Crippen molar-refractivity contribution in [2.75, 3.05) is 13.2 Å². The quantitative estimate of drug-likeness (QED) is 0.791. The highest BCUT2D eigenvalue weighted by molar-refractivity contribution is 5.75. The minimum absolute atomic E-state index is 0.161. The summed E-state index contributed by atoms with van der Waals surface area (Å²) in [5, 5.41) is 3.60. The fourth-order valence-electron chi connectivity index (χ4n) is 3.11. The molecule has 1 aromatic heterocycles. The zero-order valence-corrected chi connectivity index (χ0v) is 12.6. The number of aromatic amines is 2. The summed E-state index contributed by atoms with van der Waals surface area (Å²) in [6.45, 7) is 6.20. The molecule has 3 N–H and O–H groups in total. The van der Waals surface area contributed by atoms with Gasteiger partial charge in [-0.1, -0.05) is 19.9 Å². The molecule has 3 unspecified atom stereocenters. The number of ether oxygens (including phenoxy) is 1. The number of hydrogen-bond acceptors (Lipinski definition) is 3. The van der Waals surface area contributed by atoms with Crippen molar-refractivity contribution in [1.82, 2.24) is 15.3 Å². The lowest BCUT2D eigenvalue weighted by Crippen LogP contribution is -2.35. The van der Waals surface area contributed by atoms with E-state index in [1.807, 2.05) is 6.07 Å². The molecular weight excluding hydrogens is 266 g/mol. The third-order valence-corrected chi connectivity index (χ3v) is 4.29. The Morgan fingerprint density at radius 3 is 2.90 bits per heavy atom. The van der Waals surface area contributed by atoms with Crippen LogP contribution in [0.15, 0.2) is 23.0 Å². The molecule has 0 saturated carbocycles. The molecule has 3 rings (SSSR count). The molecule has 1 fully saturated rings. The molecule has 21 heavy (non-hydrogen) atoms. The molecule has 2 heterocycles. The van der Waals surface area contributed by atoms with Gasteiger partial charge in [-0.25, -0.2) is 4.79 Å². The fourth-order valence-corrected chi connectivity index (χ4v) is 3.11. The summed E-state index contributed by atoms with van der Waals surface area (Å²) in [6.07, 6.45) is 2.39. The van der Waals surface area contributed by atoms with Gasteiger partial charge in [0.15, 0.2) is 0 Å². The Kier molecular flexibility index (Phi) is 4.12. The van der Waals surface area contributed by atoms with Crippen LogP contribution in [0, 0.1) is 5.92 Å². The van der Waals surface area contributed by atoms with E-state index in [4.69, 9.17) is 4.74 Å². The van der Waals surface area contributed by atoms with Gasteiger partial charge in [0.05, 0.1) is 23.2 Å². The van der Waals surface area contributed by atoms with E-state index in [0.29, 0.717) is 5.92 Å². The van der Waals surface area contributed by atoms with Gasteiger partial charge in [0.25, 0.3) is 0 Å². The highest BCUT2D eigenvalue weighted by atomic mass is 16.5. The van der Waals surface area contributed by atoms with Crippen molar-refractivity contribution in [3.05, 3.63) is 34.2 Å². The van der Waals surface area contributed by atoms with Crippen LogP contribution in [0.4, 0.5) is 0 Å². The first kappa shape index (κ1) is 14.4. The Bertz CT molecular complexity index is 661. The molecule has 2 aromatic rings. The van der Waals surface area contributed by atoms with E-state index < -0.39 is 0 Å². The zero-order chi connectivity index (χ0) is 14.8. The van der Waals surface area contributed by atoms with Gasteiger partial charge in [-0.05, 0) is 43.0 Å². The van der Waals surface area contributed by atoms with Crippen LogP contribution >= 0.6 is 0 Å². The lowest BCUT2D eigenvalue weighted by Gasteiger charge is -2.27. The second-order valence-corrected chi connectivity index (χ2v) is 5.92. The van der Waals surface area contributed by atoms with Gasteiger partial charge >= 0.3 is 5.69 Å². The normalized spacial score (nSPS) is 23.7. The van der Waals surface area contributed by atoms with Crippen molar-refractivity contribution >= 4 is 11.0 Å². The molecule has 0 aliphatic carbocycles. The number of benzene rings is 1. The Hall–Kier alpha value is -1.59. The monoisotopic (exact) mass is 289 g/mol. The van der Waals surface area contributed by atoms with E-state index in [9.17, 15) is 4.79 Å². The molecule has 3 atom stereocenters. The van der Waals surface area contributed by atoms with Crippen LogP contribution in [-0.2, 0) is 4.74 Å². The fraction of sp³-hybridized carbons (Fsp3) is 0.562. The van der Waals surface area contributed by atoms with E-state index in [0.717, 1.165) is 37.0 Å². The first-order valence-corrected chi connectivity index (χ1v) is 7.76. The van der Waals surface area contributed by atoms with Crippen molar-refractivity contribution < 1.29 is 4.74 Å². The van der Waals surface area contributed by atoms with Crippen LogP contribution in [0.5, 0.6) is 0 Å². The lowest BCUT2D eigenvalue weighted by atomic mass is 9.92. The highest BCUT2D eigenvalue weighted by Gasteiger charge is 2.32. The lowest BCUT2D eigenvalue weighted by molar-refractivity contribution is 0.0607. The van der Waals surface area contributed by atoms with Crippen molar-refractivity contribution in [2.24, 2.45) is 5.92 Å². The van der Waals surface area contributed by atoms with Gasteiger partial charge in [-0.2, -0.15) is 0 Å². The molecule has 0 radical (unpaired) electrons. The molecule has 1 saturated heterocycles. The summed E-state index contributed by atoms with van der Waals surface area (Å²) < 4.78 is 5.95. The molecule has 1 aliphatic rings. The Morgan fingerprint density at radius 1 is 1.38 bits per heavy atom. The number of hydrogen-bond donors (Lipinski definition) is 3. The largest absolute Gasteiger partial charge is 0.376 e. The molecule has 114 valence electrons. The van der Waals surface area contributed by atoms with Crippen molar-refractivity contribution in [3.8, 4) is 0 Å². The Balaban J connectivity index is 1.94. The van der Waals surface area contributed by atoms with Crippen molar-refractivity contribution in [3.63, 3.8) is 0 Å². The first-order chi connectivity index (χ1) is 10.2. The summed E-state index contributed by atoms with van der Waals surface area (Å²) in [4.78, 5) is 17.0. The SMILES string of the molecule is CCCNC(c1ccc2[nH]c(=O)[nH]c2c1)C1OCCC1C. The van der Waals surface area contributed by atoms with Gasteiger partial charge in [0, 0.05) is 6.61 Å². The van der Waals surface area contributed by atoms with Gasteiger partial charge < -0.3 is 20.0 Å². The summed E-state index contributed by atoms with van der Waals surface area (Å²) in [6, 6.07) is 6.26. The number of fused-ring (bicyclic) bond motifs is 1. The molecule has 1 aliphatic heterocycles. The molecule has 5 heteroatoms. The molecular formula is C16H23N3O2. The van der Waals surface area contributed by atoms with Gasteiger partial charge in [-0.3, -0.25) is 0 Å². The van der Waals surface area contributed by atoms with Crippen LogP contribution in [0.1, 0.15) is 38.3 Å². The average molecular weight is 289 g/mol. The molecule has 5 nitrogen and oxygen atoms in total. The van der Waals surface area contributed by atoms with Crippen molar-refractivity contribution in [2.45, 2.75) is 38.8 Å². The smallest absolute Gasteiger partial charge is 0.323 e. The minimum atomic E-state index is -0.161. The average Bonchev–Trinajstić information content (AvgIpc) is 3.04. The third-order valence-electron chi connectivity index (χ3n) is 4.29. The number of rotatable bonds is 5. The number of nitrogens with one attached hydrogen (secondary N) is 3. The topological polar surface area (TPSA) is 69.9 Å². The maximum atomic E-state index is 11.4. The second-order valence-electron chi connectivity index (χ2n) is 5.92. The second kappa shape index (κ2) is 6.03. The number of aromatic nitrogens is 2. The maximum absolute atomic E-state index is 11.4. The summed E-state index contributed by atoms with van der Waals surface area (Å²) in [7, 11) is 0. The van der Waals surface area contributed by atoms with E-state index in [1.165, 1.54) is 5.56 Å².